The first kappa shape index (κ1) is 22.9. The van der Waals surface area contributed by atoms with E-state index in [1.165, 1.54) is 37.1 Å². The zero-order chi connectivity index (χ0) is 22.5. The highest BCUT2D eigenvalue weighted by Crippen LogP contribution is 2.39. The molecule has 1 unspecified atom stereocenters. The van der Waals surface area contributed by atoms with E-state index in [-0.39, 0.29) is 23.5 Å². The van der Waals surface area contributed by atoms with Gasteiger partial charge in [-0.1, -0.05) is 31.5 Å². The van der Waals surface area contributed by atoms with E-state index in [0.717, 1.165) is 56.7 Å². The number of fused-ring (bicyclic) bond motifs is 1. The molecule has 0 aliphatic carbocycles. The highest BCUT2D eigenvalue weighted by atomic mass is 19.1. The maximum absolute atomic E-state index is 14.2. The van der Waals surface area contributed by atoms with Crippen molar-refractivity contribution in [1.82, 2.24) is 9.80 Å². The zero-order valence-corrected chi connectivity index (χ0v) is 18.9. The summed E-state index contributed by atoms with van der Waals surface area (Å²) in [5.41, 5.74) is 2.59. The molecule has 1 fully saturated rings. The Labute approximate surface area is 189 Å². The largest absolute Gasteiger partial charge is 0.311 e. The van der Waals surface area contributed by atoms with Crippen molar-refractivity contribution in [2.75, 3.05) is 50.7 Å². The van der Waals surface area contributed by atoms with Gasteiger partial charge in [-0.2, -0.15) is 0 Å². The van der Waals surface area contributed by atoms with Gasteiger partial charge in [-0.15, -0.1) is 0 Å². The first-order valence-corrected chi connectivity index (χ1v) is 11.8. The van der Waals surface area contributed by atoms with Crippen LogP contribution in [0.3, 0.4) is 0 Å². The average molecular weight is 442 g/mol. The fourth-order valence-electron chi connectivity index (χ4n) is 4.90. The van der Waals surface area contributed by atoms with Crippen LogP contribution in [-0.4, -0.2) is 61.5 Å². The first-order valence-electron chi connectivity index (χ1n) is 11.8. The van der Waals surface area contributed by atoms with Crippen molar-refractivity contribution < 1.29 is 13.6 Å². The summed E-state index contributed by atoms with van der Waals surface area (Å²) in [5.74, 6) is -0.566. The second kappa shape index (κ2) is 10.5. The van der Waals surface area contributed by atoms with Crippen molar-refractivity contribution in [3.8, 4) is 0 Å². The Kier molecular flexibility index (Phi) is 7.53. The van der Waals surface area contributed by atoms with Crippen LogP contribution in [0.25, 0.3) is 0 Å². The van der Waals surface area contributed by atoms with E-state index in [0.29, 0.717) is 18.8 Å². The van der Waals surface area contributed by atoms with Crippen molar-refractivity contribution in [2.24, 2.45) is 0 Å². The van der Waals surface area contributed by atoms with Crippen molar-refractivity contribution in [3.63, 3.8) is 0 Å². The lowest BCUT2D eigenvalue weighted by Crippen LogP contribution is -2.50. The third-order valence-corrected chi connectivity index (χ3v) is 6.76. The second-order valence-corrected chi connectivity index (χ2v) is 8.97. The highest BCUT2D eigenvalue weighted by Gasteiger charge is 2.29. The molecule has 4 rings (SSSR count). The van der Waals surface area contributed by atoms with Crippen LogP contribution in [0.5, 0.6) is 0 Å². The Morgan fingerprint density at radius 3 is 2.34 bits per heavy atom. The van der Waals surface area contributed by atoms with E-state index < -0.39 is 0 Å². The van der Waals surface area contributed by atoms with E-state index in [9.17, 15) is 13.6 Å². The Morgan fingerprint density at radius 2 is 1.62 bits per heavy atom. The fourth-order valence-corrected chi connectivity index (χ4v) is 4.90. The third kappa shape index (κ3) is 5.36. The van der Waals surface area contributed by atoms with Crippen molar-refractivity contribution in [2.45, 2.75) is 38.5 Å². The number of halogens is 2. The van der Waals surface area contributed by atoms with Crippen molar-refractivity contribution in [1.29, 1.82) is 0 Å². The first-order chi connectivity index (χ1) is 15.5. The van der Waals surface area contributed by atoms with Crippen molar-refractivity contribution in [3.05, 3.63) is 65.2 Å². The monoisotopic (exact) mass is 441 g/mol. The summed E-state index contributed by atoms with van der Waals surface area (Å²) in [7, 11) is 0. The molecule has 2 heterocycles. The summed E-state index contributed by atoms with van der Waals surface area (Å²) in [6.07, 6.45) is 4.06. The molecule has 1 saturated heterocycles. The predicted molar refractivity (Wildman–Crippen MR) is 124 cm³/mol. The number of benzene rings is 2. The molecule has 6 heteroatoms. The van der Waals surface area contributed by atoms with Gasteiger partial charge in [0.15, 0.2) is 0 Å². The number of piperazine rings is 1. The number of rotatable bonds is 6. The number of hydrogen-bond donors (Lipinski definition) is 0. The Morgan fingerprint density at radius 1 is 0.938 bits per heavy atom. The van der Waals surface area contributed by atoms with Gasteiger partial charge in [-0.25, -0.2) is 8.78 Å². The molecule has 0 N–H and O–H groups in total. The highest BCUT2D eigenvalue weighted by molar-refractivity contribution is 5.96. The molecule has 32 heavy (non-hydrogen) atoms. The van der Waals surface area contributed by atoms with Crippen LogP contribution in [0, 0.1) is 11.6 Å². The molecule has 2 aliphatic rings. The van der Waals surface area contributed by atoms with E-state index >= 15 is 0 Å². The second-order valence-electron chi connectivity index (χ2n) is 8.97. The van der Waals surface area contributed by atoms with Gasteiger partial charge < -0.3 is 9.80 Å². The smallest absolute Gasteiger partial charge is 0.241 e. The van der Waals surface area contributed by atoms with Gasteiger partial charge in [0.2, 0.25) is 5.91 Å². The molecule has 0 aromatic heterocycles. The van der Waals surface area contributed by atoms with Gasteiger partial charge >= 0.3 is 0 Å². The van der Waals surface area contributed by atoms with Crippen LogP contribution in [0.2, 0.25) is 0 Å². The van der Waals surface area contributed by atoms with Gasteiger partial charge in [-0.05, 0) is 61.2 Å². The lowest BCUT2D eigenvalue weighted by molar-refractivity contribution is -0.120. The Hall–Kier alpha value is -2.31. The summed E-state index contributed by atoms with van der Waals surface area (Å²) in [6, 6.07) is 11.2. The molecule has 4 nitrogen and oxygen atoms in total. The number of carbonyl (C=O) groups is 1. The summed E-state index contributed by atoms with van der Waals surface area (Å²) >= 11 is 0. The normalized spacial score (nSPS) is 20.1. The summed E-state index contributed by atoms with van der Waals surface area (Å²) in [6.45, 7) is 8.02. The zero-order valence-electron chi connectivity index (χ0n) is 18.9. The lowest BCUT2D eigenvalue weighted by atomic mass is 9.87. The summed E-state index contributed by atoms with van der Waals surface area (Å²) in [5, 5.41) is 0. The molecular weight excluding hydrogens is 408 g/mol. The van der Waals surface area contributed by atoms with Gasteiger partial charge in [-0.3, -0.25) is 9.69 Å². The summed E-state index contributed by atoms with van der Waals surface area (Å²) < 4.78 is 27.7. The molecule has 2 aromatic rings. The lowest BCUT2D eigenvalue weighted by Gasteiger charge is -2.35. The van der Waals surface area contributed by atoms with Crippen LogP contribution in [-0.2, 0) is 4.79 Å². The van der Waals surface area contributed by atoms with Crippen molar-refractivity contribution >= 4 is 11.6 Å². The maximum Gasteiger partial charge on any atom is 0.241 e. The molecule has 1 atom stereocenters. The van der Waals surface area contributed by atoms with Gasteiger partial charge in [0.25, 0.3) is 0 Å². The fraction of sp³-hybridized carbons (Fsp3) is 0.500. The maximum atomic E-state index is 14.2. The third-order valence-electron chi connectivity index (χ3n) is 6.76. The minimum atomic E-state index is -0.342. The van der Waals surface area contributed by atoms with Crippen LogP contribution in [0.15, 0.2) is 42.5 Å². The molecule has 1 amide bonds. The Bertz CT molecular complexity index is 910. The molecular formula is C26H33F2N3O. The molecule has 0 spiro atoms. The molecule has 172 valence electrons. The van der Waals surface area contributed by atoms with Crippen LogP contribution < -0.4 is 4.90 Å². The quantitative estimate of drug-likeness (QED) is 0.653. The molecule has 2 aliphatic heterocycles. The molecule has 0 radical (unpaired) electrons. The van der Waals surface area contributed by atoms with E-state index in [1.54, 1.807) is 23.1 Å². The van der Waals surface area contributed by atoms with Crippen LogP contribution in [0.4, 0.5) is 14.5 Å². The SMILES string of the molecule is CCCCN1CCN(CC(=O)N2CCCC(c3ccc(F)cc3)c3ccc(F)cc32)CC1. The van der Waals surface area contributed by atoms with Gasteiger partial charge in [0.05, 0.1) is 12.2 Å². The number of carbonyl (C=O) groups excluding carboxylic acids is 1. The molecule has 0 saturated carbocycles. The number of amides is 1. The van der Waals surface area contributed by atoms with Gasteiger partial charge in [0.1, 0.15) is 11.6 Å². The Balaban J connectivity index is 1.50. The molecule has 2 aromatic carbocycles. The standard InChI is InChI=1S/C26H33F2N3O/c1-2-3-12-29-14-16-30(17-15-29)19-26(32)31-13-4-5-23(20-6-8-21(27)9-7-20)24-11-10-22(28)18-25(24)31/h6-11,18,23H,2-5,12-17,19H2,1H3. The predicted octanol–water partition coefficient (Wildman–Crippen LogP) is 4.64. The van der Waals surface area contributed by atoms with Crippen LogP contribution >= 0.6 is 0 Å². The van der Waals surface area contributed by atoms with E-state index in [1.807, 2.05) is 0 Å². The average Bonchev–Trinajstić information content (AvgIpc) is 2.98. The van der Waals surface area contributed by atoms with Gasteiger partial charge in [0, 0.05) is 38.6 Å². The minimum absolute atomic E-state index is 0.0195. The number of hydrogen-bond acceptors (Lipinski definition) is 3. The van der Waals surface area contributed by atoms with Crippen LogP contribution in [0.1, 0.15) is 49.7 Å². The number of anilines is 1. The number of unbranched alkanes of at least 4 members (excludes halogenated alkanes) is 1. The molecule has 0 bridgehead atoms. The minimum Gasteiger partial charge on any atom is -0.311 e. The van der Waals surface area contributed by atoms with E-state index in [2.05, 4.69) is 16.7 Å². The number of nitrogens with zero attached hydrogens (tertiary/aromatic N) is 3. The van der Waals surface area contributed by atoms with E-state index in [4.69, 9.17) is 0 Å². The summed E-state index contributed by atoms with van der Waals surface area (Å²) in [4.78, 5) is 19.8. The topological polar surface area (TPSA) is 26.8 Å².